The van der Waals surface area contributed by atoms with E-state index in [-0.39, 0.29) is 34.2 Å². The summed E-state index contributed by atoms with van der Waals surface area (Å²) in [5.41, 5.74) is 0.621. The number of morpholine rings is 1. The zero-order chi connectivity index (χ0) is 26.6. The largest absolute Gasteiger partial charge is 0.496 e. The van der Waals surface area contributed by atoms with Crippen LogP contribution in [0.15, 0.2) is 76.5 Å². The van der Waals surface area contributed by atoms with Crippen LogP contribution in [0, 0.1) is 0 Å². The van der Waals surface area contributed by atoms with Crippen LogP contribution in [0.25, 0.3) is 0 Å². The molecule has 10 nitrogen and oxygen atoms in total. The molecule has 1 saturated heterocycles. The maximum atomic E-state index is 13.0. The van der Waals surface area contributed by atoms with Crippen LogP contribution < -0.4 is 14.8 Å². The Labute approximate surface area is 220 Å². The van der Waals surface area contributed by atoms with Crippen LogP contribution >= 0.6 is 11.6 Å². The van der Waals surface area contributed by atoms with Gasteiger partial charge >= 0.3 is 0 Å². The van der Waals surface area contributed by atoms with E-state index in [0.717, 1.165) is 0 Å². The molecule has 196 valence electrons. The minimum Gasteiger partial charge on any atom is -0.496 e. The summed E-state index contributed by atoms with van der Waals surface area (Å²) in [5.74, 6) is -0.438. The van der Waals surface area contributed by atoms with Gasteiger partial charge < -0.3 is 14.8 Å². The number of benzene rings is 3. The zero-order valence-corrected chi connectivity index (χ0v) is 22.1. The number of amides is 1. The Hall–Kier alpha value is -3.16. The van der Waals surface area contributed by atoms with Crippen LogP contribution in [0.5, 0.6) is 5.75 Å². The molecule has 1 heterocycles. The lowest BCUT2D eigenvalue weighted by Gasteiger charge is -2.26. The van der Waals surface area contributed by atoms with Gasteiger partial charge in [-0.15, -0.1) is 0 Å². The Morgan fingerprint density at radius 3 is 2.24 bits per heavy atom. The number of sulfonamides is 2. The van der Waals surface area contributed by atoms with Crippen molar-refractivity contribution in [1.82, 2.24) is 4.31 Å². The molecule has 0 radical (unpaired) electrons. The molecule has 1 fully saturated rings. The molecule has 37 heavy (non-hydrogen) atoms. The number of rotatable bonds is 8. The number of hydrogen-bond acceptors (Lipinski definition) is 7. The summed E-state index contributed by atoms with van der Waals surface area (Å²) < 4.78 is 65.7. The second-order valence-electron chi connectivity index (χ2n) is 7.97. The number of carbonyl (C=O) groups excluding carboxylic acids is 1. The molecule has 0 bridgehead atoms. The van der Waals surface area contributed by atoms with E-state index in [0.29, 0.717) is 29.6 Å². The maximum absolute atomic E-state index is 13.0. The first-order chi connectivity index (χ1) is 17.6. The molecule has 0 aromatic heterocycles. The van der Waals surface area contributed by atoms with Gasteiger partial charge in [0.15, 0.2) is 0 Å². The fourth-order valence-electron chi connectivity index (χ4n) is 3.64. The van der Waals surface area contributed by atoms with Gasteiger partial charge in [-0.25, -0.2) is 16.8 Å². The summed E-state index contributed by atoms with van der Waals surface area (Å²) in [6.07, 6.45) is 0. The highest BCUT2D eigenvalue weighted by molar-refractivity contribution is 7.92. The number of ether oxygens (including phenoxy) is 2. The van der Waals surface area contributed by atoms with Crippen molar-refractivity contribution >= 4 is 48.9 Å². The minimum atomic E-state index is -3.89. The van der Waals surface area contributed by atoms with Crippen molar-refractivity contribution in [2.75, 3.05) is 43.5 Å². The fraction of sp³-hybridized carbons (Fsp3) is 0.208. The van der Waals surface area contributed by atoms with Crippen molar-refractivity contribution in [3.63, 3.8) is 0 Å². The molecule has 13 heteroatoms. The Kier molecular flexibility index (Phi) is 8.05. The topological polar surface area (TPSA) is 131 Å². The Balaban J connectivity index is 1.53. The van der Waals surface area contributed by atoms with E-state index < -0.39 is 26.0 Å². The van der Waals surface area contributed by atoms with Gasteiger partial charge in [0, 0.05) is 23.8 Å². The first kappa shape index (κ1) is 26.9. The van der Waals surface area contributed by atoms with Gasteiger partial charge in [0.1, 0.15) is 5.75 Å². The third-order valence-electron chi connectivity index (χ3n) is 5.52. The quantitative estimate of drug-likeness (QED) is 0.428. The van der Waals surface area contributed by atoms with E-state index in [1.807, 2.05) is 0 Å². The number of hydrogen-bond donors (Lipinski definition) is 2. The van der Waals surface area contributed by atoms with Crippen LogP contribution in [-0.2, 0) is 24.8 Å². The standard InChI is InChI=1S/C24H24ClN3O7S2/c1-34-23-10-9-21(37(32,33)28-11-13-35-14-12-28)16-22(23)24(29)26-18-5-7-20(8-6-18)36(30,31)27-19-4-2-3-17(25)15-19/h2-10,15-16,27H,11-14H2,1H3,(H,26,29). The van der Waals surface area contributed by atoms with E-state index in [4.69, 9.17) is 21.1 Å². The third kappa shape index (κ3) is 6.22. The number of halogens is 1. The van der Waals surface area contributed by atoms with Gasteiger partial charge in [0.05, 0.1) is 41.4 Å². The van der Waals surface area contributed by atoms with Crippen molar-refractivity contribution in [1.29, 1.82) is 0 Å². The van der Waals surface area contributed by atoms with Crippen LogP contribution in [0.1, 0.15) is 10.4 Å². The second kappa shape index (κ2) is 11.1. The minimum absolute atomic E-state index is 0.0103. The highest BCUT2D eigenvalue weighted by Gasteiger charge is 2.28. The van der Waals surface area contributed by atoms with Crippen LogP contribution in [0.2, 0.25) is 5.02 Å². The average Bonchev–Trinajstić information content (AvgIpc) is 2.89. The molecule has 1 aliphatic heterocycles. The zero-order valence-electron chi connectivity index (χ0n) is 19.7. The molecular formula is C24H24ClN3O7S2. The summed E-state index contributed by atoms with van der Waals surface area (Å²) >= 11 is 5.91. The third-order valence-corrected chi connectivity index (χ3v) is 9.05. The molecule has 0 atom stereocenters. The summed E-state index contributed by atoms with van der Waals surface area (Å²) in [7, 11) is -6.35. The maximum Gasteiger partial charge on any atom is 0.261 e. The first-order valence-electron chi connectivity index (χ1n) is 11.1. The highest BCUT2D eigenvalue weighted by atomic mass is 35.5. The molecular weight excluding hydrogens is 542 g/mol. The van der Waals surface area contributed by atoms with Gasteiger partial charge in [-0.05, 0) is 60.7 Å². The van der Waals surface area contributed by atoms with Crippen molar-refractivity contribution in [2.24, 2.45) is 0 Å². The van der Waals surface area contributed by atoms with E-state index in [1.165, 1.54) is 59.9 Å². The van der Waals surface area contributed by atoms with Gasteiger partial charge in [0.25, 0.3) is 15.9 Å². The Bertz CT molecular complexity index is 1510. The van der Waals surface area contributed by atoms with Gasteiger partial charge in [-0.3, -0.25) is 9.52 Å². The smallest absolute Gasteiger partial charge is 0.261 e. The highest BCUT2D eigenvalue weighted by Crippen LogP contribution is 2.27. The average molecular weight is 566 g/mol. The molecule has 4 rings (SSSR count). The number of methoxy groups -OCH3 is 1. The molecule has 1 aliphatic rings. The lowest BCUT2D eigenvalue weighted by atomic mass is 10.2. The predicted octanol–water partition coefficient (Wildman–Crippen LogP) is 3.42. The molecule has 2 N–H and O–H groups in total. The van der Waals surface area contributed by atoms with Crippen molar-refractivity contribution in [2.45, 2.75) is 9.79 Å². The lowest BCUT2D eigenvalue weighted by Crippen LogP contribution is -2.40. The van der Waals surface area contributed by atoms with E-state index in [9.17, 15) is 21.6 Å². The lowest BCUT2D eigenvalue weighted by molar-refractivity contribution is 0.0730. The number of nitrogens with zero attached hydrogens (tertiary/aromatic N) is 1. The van der Waals surface area contributed by atoms with Crippen molar-refractivity contribution in [3.8, 4) is 5.75 Å². The molecule has 0 spiro atoms. The van der Waals surface area contributed by atoms with Crippen LogP contribution in [0.3, 0.4) is 0 Å². The molecule has 0 saturated carbocycles. The number of anilines is 2. The molecule has 3 aromatic carbocycles. The molecule has 0 unspecified atom stereocenters. The summed E-state index contributed by atoms with van der Waals surface area (Å²) in [5, 5.41) is 3.03. The predicted molar refractivity (Wildman–Crippen MR) is 139 cm³/mol. The summed E-state index contributed by atoms with van der Waals surface area (Å²) in [6, 6.07) is 15.9. The number of nitrogens with one attached hydrogen (secondary N) is 2. The summed E-state index contributed by atoms with van der Waals surface area (Å²) in [6.45, 7) is 1.03. The molecule has 3 aromatic rings. The van der Waals surface area contributed by atoms with E-state index >= 15 is 0 Å². The van der Waals surface area contributed by atoms with E-state index in [1.54, 1.807) is 18.2 Å². The second-order valence-corrected chi connectivity index (χ2v) is 12.0. The Morgan fingerprint density at radius 2 is 1.59 bits per heavy atom. The SMILES string of the molecule is COc1ccc(S(=O)(=O)N2CCOCC2)cc1C(=O)Nc1ccc(S(=O)(=O)Nc2cccc(Cl)c2)cc1. The van der Waals surface area contributed by atoms with Crippen LogP contribution in [0.4, 0.5) is 11.4 Å². The van der Waals surface area contributed by atoms with E-state index in [2.05, 4.69) is 10.0 Å². The van der Waals surface area contributed by atoms with Crippen molar-refractivity contribution < 1.29 is 31.1 Å². The van der Waals surface area contributed by atoms with Gasteiger partial charge in [-0.1, -0.05) is 17.7 Å². The summed E-state index contributed by atoms with van der Waals surface area (Å²) in [4.78, 5) is 13.0. The normalized spacial score (nSPS) is 14.6. The first-order valence-corrected chi connectivity index (χ1v) is 14.4. The number of carbonyl (C=O) groups is 1. The molecule has 1 amide bonds. The fourth-order valence-corrected chi connectivity index (χ4v) is 6.32. The monoisotopic (exact) mass is 565 g/mol. The van der Waals surface area contributed by atoms with Gasteiger partial charge in [-0.2, -0.15) is 4.31 Å². The van der Waals surface area contributed by atoms with Gasteiger partial charge in [0.2, 0.25) is 10.0 Å². The molecule has 0 aliphatic carbocycles. The Morgan fingerprint density at radius 1 is 0.919 bits per heavy atom. The van der Waals surface area contributed by atoms with Crippen molar-refractivity contribution in [3.05, 3.63) is 77.3 Å². The van der Waals surface area contributed by atoms with Crippen LogP contribution in [-0.4, -0.2) is 60.5 Å².